The lowest BCUT2D eigenvalue weighted by Crippen LogP contribution is -2.40. The highest BCUT2D eigenvalue weighted by atomic mass is 32.1. The first-order valence-electron chi connectivity index (χ1n) is 5.52. The number of aromatic nitrogens is 1. The Bertz CT molecular complexity index is 383. The van der Waals surface area contributed by atoms with Gasteiger partial charge < -0.3 is 10.4 Å². The van der Waals surface area contributed by atoms with Gasteiger partial charge in [0.25, 0.3) is 5.91 Å². The Kier molecular flexibility index (Phi) is 3.25. The minimum atomic E-state index is -0.687. The lowest BCUT2D eigenvalue weighted by atomic mass is 10.0. The number of aryl methyl sites for hydroxylation is 1. The van der Waals surface area contributed by atoms with Gasteiger partial charge in [-0.3, -0.25) is 4.79 Å². The SMILES string of the molecule is Cc1nscc1C(=O)NCC1(O)CCCC1. The van der Waals surface area contributed by atoms with Crippen LogP contribution in [-0.2, 0) is 0 Å². The molecular formula is C11H16N2O2S. The van der Waals surface area contributed by atoms with Crippen LogP contribution in [0.3, 0.4) is 0 Å². The summed E-state index contributed by atoms with van der Waals surface area (Å²) in [6.07, 6.45) is 3.67. The second-order valence-electron chi connectivity index (χ2n) is 4.43. The van der Waals surface area contributed by atoms with Gasteiger partial charge in [-0.1, -0.05) is 12.8 Å². The van der Waals surface area contributed by atoms with E-state index in [1.54, 1.807) is 5.38 Å². The summed E-state index contributed by atoms with van der Waals surface area (Å²) in [7, 11) is 0. The summed E-state index contributed by atoms with van der Waals surface area (Å²) in [6, 6.07) is 0. The minimum Gasteiger partial charge on any atom is -0.388 e. The molecule has 0 aromatic carbocycles. The molecule has 1 aliphatic rings. The highest BCUT2D eigenvalue weighted by Gasteiger charge is 2.31. The van der Waals surface area contributed by atoms with E-state index in [1.165, 1.54) is 11.5 Å². The van der Waals surface area contributed by atoms with E-state index in [0.29, 0.717) is 12.1 Å². The molecule has 0 aliphatic heterocycles. The van der Waals surface area contributed by atoms with Crippen molar-refractivity contribution in [3.63, 3.8) is 0 Å². The first kappa shape index (κ1) is 11.5. The minimum absolute atomic E-state index is 0.133. The number of carbonyl (C=O) groups is 1. The molecule has 1 fully saturated rings. The molecule has 2 rings (SSSR count). The smallest absolute Gasteiger partial charge is 0.254 e. The maximum absolute atomic E-state index is 11.8. The largest absolute Gasteiger partial charge is 0.388 e. The Morgan fingerprint density at radius 3 is 2.88 bits per heavy atom. The van der Waals surface area contributed by atoms with E-state index in [9.17, 15) is 9.90 Å². The summed E-state index contributed by atoms with van der Waals surface area (Å²) < 4.78 is 4.05. The average molecular weight is 240 g/mol. The van der Waals surface area contributed by atoms with E-state index in [1.807, 2.05) is 6.92 Å². The van der Waals surface area contributed by atoms with Crippen LogP contribution in [0.15, 0.2) is 5.38 Å². The van der Waals surface area contributed by atoms with Gasteiger partial charge in [-0.25, -0.2) is 0 Å². The quantitative estimate of drug-likeness (QED) is 0.841. The summed E-state index contributed by atoms with van der Waals surface area (Å²) in [5.74, 6) is -0.133. The summed E-state index contributed by atoms with van der Waals surface area (Å²) >= 11 is 1.28. The molecular weight excluding hydrogens is 224 g/mol. The molecule has 1 heterocycles. The standard InChI is InChI=1S/C11H16N2O2S/c1-8-9(6-16-13-8)10(14)12-7-11(15)4-2-3-5-11/h6,15H,2-5,7H2,1H3,(H,12,14). The van der Waals surface area contributed by atoms with Crippen LogP contribution in [0.2, 0.25) is 0 Å². The van der Waals surface area contributed by atoms with E-state index in [-0.39, 0.29) is 5.91 Å². The molecule has 1 saturated carbocycles. The Morgan fingerprint density at radius 2 is 2.31 bits per heavy atom. The fourth-order valence-electron chi connectivity index (χ4n) is 2.06. The molecule has 0 bridgehead atoms. The van der Waals surface area contributed by atoms with E-state index >= 15 is 0 Å². The number of hydrogen-bond donors (Lipinski definition) is 2. The second kappa shape index (κ2) is 4.51. The maximum atomic E-state index is 11.8. The molecule has 16 heavy (non-hydrogen) atoms. The number of aliphatic hydroxyl groups is 1. The lowest BCUT2D eigenvalue weighted by molar-refractivity contribution is 0.0449. The van der Waals surface area contributed by atoms with Gasteiger partial charge in [0.2, 0.25) is 0 Å². The van der Waals surface area contributed by atoms with Crippen molar-refractivity contribution in [2.45, 2.75) is 38.2 Å². The first-order chi connectivity index (χ1) is 7.61. The molecule has 0 radical (unpaired) electrons. The Labute approximate surface area is 98.9 Å². The molecule has 1 aromatic heterocycles. The van der Waals surface area contributed by atoms with Gasteiger partial charge >= 0.3 is 0 Å². The normalized spacial score (nSPS) is 18.6. The number of rotatable bonds is 3. The van der Waals surface area contributed by atoms with Crippen molar-refractivity contribution in [2.24, 2.45) is 0 Å². The molecule has 4 nitrogen and oxygen atoms in total. The molecule has 0 unspecified atom stereocenters. The molecule has 0 spiro atoms. The molecule has 5 heteroatoms. The fourth-order valence-corrected chi connectivity index (χ4v) is 2.75. The molecule has 2 N–H and O–H groups in total. The van der Waals surface area contributed by atoms with E-state index in [0.717, 1.165) is 31.4 Å². The third kappa shape index (κ3) is 2.41. The van der Waals surface area contributed by atoms with Crippen molar-refractivity contribution >= 4 is 17.4 Å². The van der Waals surface area contributed by atoms with Gasteiger partial charge in [-0.2, -0.15) is 4.37 Å². The molecule has 1 amide bonds. The maximum Gasteiger partial charge on any atom is 0.254 e. The van der Waals surface area contributed by atoms with Gasteiger partial charge in [-0.05, 0) is 31.3 Å². The van der Waals surface area contributed by atoms with E-state index in [4.69, 9.17) is 0 Å². The predicted octanol–water partition coefficient (Wildman–Crippen LogP) is 1.49. The topological polar surface area (TPSA) is 62.2 Å². The zero-order chi connectivity index (χ0) is 11.6. The van der Waals surface area contributed by atoms with Crippen LogP contribution in [0.1, 0.15) is 41.7 Å². The Balaban J connectivity index is 1.91. The highest BCUT2D eigenvalue weighted by molar-refractivity contribution is 7.03. The third-order valence-electron chi connectivity index (χ3n) is 3.11. The van der Waals surface area contributed by atoms with Crippen LogP contribution in [-0.4, -0.2) is 27.5 Å². The molecule has 1 aliphatic carbocycles. The van der Waals surface area contributed by atoms with Crippen molar-refractivity contribution in [2.75, 3.05) is 6.54 Å². The van der Waals surface area contributed by atoms with Gasteiger partial charge in [0.15, 0.2) is 0 Å². The second-order valence-corrected chi connectivity index (χ2v) is 5.06. The number of nitrogens with zero attached hydrogens (tertiary/aromatic N) is 1. The van der Waals surface area contributed by atoms with Crippen molar-refractivity contribution in [1.82, 2.24) is 9.69 Å². The third-order valence-corrected chi connectivity index (χ3v) is 3.83. The van der Waals surface area contributed by atoms with Crippen LogP contribution >= 0.6 is 11.5 Å². The van der Waals surface area contributed by atoms with Gasteiger partial charge in [0.05, 0.1) is 16.9 Å². The summed E-state index contributed by atoms with van der Waals surface area (Å²) in [4.78, 5) is 11.8. The predicted molar refractivity (Wildman–Crippen MR) is 62.6 cm³/mol. The van der Waals surface area contributed by atoms with Gasteiger partial charge in [-0.15, -0.1) is 0 Å². The number of carbonyl (C=O) groups excluding carboxylic acids is 1. The lowest BCUT2D eigenvalue weighted by Gasteiger charge is -2.22. The number of amides is 1. The van der Waals surface area contributed by atoms with Crippen LogP contribution < -0.4 is 5.32 Å². The van der Waals surface area contributed by atoms with Crippen LogP contribution in [0, 0.1) is 6.92 Å². The van der Waals surface area contributed by atoms with Gasteiger partial charge in [0.1, 0.15) is 0 Å². The van der Waals surface area contributed by atoms with Crippen LogP contribution in [0.5, 0.6) is 0 Å². The van der Waals surface area contributed by atoms with Crippen LogP contribution in [0.4, 0.5) is 0 Å². The summed E-state index contributed by atoms with van der Waals surface area (Å²) in [5.41, 5.74) is 0.681. The zero-order valence-corrected chi connectivity index (χ0v) is 10.1. The van der Waals surface area contributed by atoms with Gasteiger partial charge in [0, 0.05) is 11.9 Å². The van der Waals surface area contributed by atoms with E-state index < -0.39 is 5.60 Å². The molecule has 1 aromatic rings. The summed E-state index contributed by atoms with van der Waals surface area (Å²) in [5, 5.41) is 14.6. The molecule has 0 saturated heterocycles. The number of nitrogens with one attached hydrogen (secondary N) is 1. The monoisotopic (exact) mass is 240 g/mol. The Morgan fingerprint density at radius 1 is 1.62 bits per heavy atom. The fraction of sp³-hybridized carbons (Fsp3) is 0.636. The van der Waals surface area contributed by atoms with Crippen molar-refractivity contribution in [3.8, 4) is 0 Å². The number of hydrogen-bond acceptors (Lipinski definition) is 4. The van der Waals surface area contributed by atoms with Crippen molar-refractivity contribution in [1.29, 1.82) is 0 Å². The molecule has 0 atom stereocenters. The van der Waals surface area contributed by atoms with Crippen molar-refractivity contribution < 1.29 is 9.90 Å². The van der Waals surface area contributed by atoms with E-state index in [2.05, 4.69) is 9.69 Å². The molecule has 88 valence electrons. The average Bonchev–Trinajstić information content (AvgIpc) is 2.85. The van der Waals surface area contributed by atoms with Crippen molar-refractivity contribution in [3.05, 3.63) is 16.6 Å². The Hall–Kier alpha value is -0.940. The zero-order valence-electron chi connectivity index (χ0n) is 9.32. The summed E-state index contributed by atoms with van der Waals surface area (Å²) in [6.45, 7) is 2.16. The first-order valence-corrected chi connectivity index (χ1v) is 6.36. The highest BCUT2D eigenvalue weighted by Crippen LogP contribution is 2.28. The van der Waals surface area contributed by atoms with Crippen LogP contribution in [0.25, 0.3) is 0 Å².